The molecule has 0 aromatic rings. The minimum absolute atomic E-state index is 0.209. The molecule has 0 aromatic carbocycles. The van der Waals surface area contributed by atoms with Crippen LogP contribution in [0.3, 0.4) is 0 Å². The summed E-state index contributed by atoms with van der Waals surface area (Å²) < 4.78 is 15.1. The quantitative estimate of drug-likeness (QED) is 0.442. The van der Waals surface area contributed by atoms with E-state index in [1.807, 2.05) is 6.92 Å². The zero-order valence-corrected chi connectivity index (χ0v) is 10.5. The molecule has 0 spiro atoms. The van der Waals surface area contributed by atoms with Gasteiger partial charge in [0.15, 0.2) is 0 Å². The molecule has 1 N–H and O–H groups in total. The van der Waals surface area contributed by atoms with Crippen LogP contribution in [0.4, 0.5) is 0 Å². The number of nitrogens with one attached hydrogen (secondary N) is 1. The van der Waals surface area contributed by atoms with E-state index in [9.17, 15) is 4.79 Å². The predicted octanol–water partition coefficient (Wildman–Crippen LogP) is 0.581. The lowest BCUT2D eigenvalue weighted by atomic mass is 10.2. The Labute approximate surface area is 97.4 Å². The van der Waals surface area contributed by atoms with E-state index in [0.29, 0.717) is 32.8 Å². The Morgan fingerprint density at radius 1 is 1.25 bits per heavy atom. The van der Waals surface area contributed by atoms with Crippen molar-refractivity contribution >= 4 is 5.97 Å². The Kier molecular flexibility index (Phi) is 10.4. The van der Waals surface area contributed by atoms with Gasteiger partial charge in [-0.2, -0.15) is 0 Å². The number of methoxy groups -OCH3 is 1. The summed E-state index contributed by atoms with van der Waals surface area (Å²) in [5.74, 6) is -0.209. The van der Waals surface area contributed by atoms with Gasteiger partial charge < -0.3 is 19.5 Å². The van der Waals surface area contributed by atoms with Gasteiger partial charge in [-0.05, 0) is 19.9 Å². The number of ether oxygens (including phenoxy) is 3. The van der Waals surface area contributed by atoms with Gasteiger partial charge in [0.1, 0.15) is 6.04 Å². The van der Waals surface area contributed by atoms with Gasteiger partial charge in [-0.3, -0.25) is 4.79 Å². The van der Waals surface area contributed by atoms with Crippen molar-refractivity contribution < 1.29 is 19.0 Å². The third-order valence-corrected chi connectivity index (χ3v) is 2.00. The molecule has 96 valence electrons. The Morgan fingerprint density at radius 2 is 2.00 bits per heavy atom. The van der Waals surface area contributed by atoms with Crippen molar-refractivity contribution in [3.05, 3.63) is 0 Å². The number of carbonyl (C=O) groups is 1. The lowest BCUT2D eigenvalue weighted by molar-refractivity contribution is -0.146. The van der Waals surface area contributed by atoms with E-state index in [0.717, 1.165) is 6.54 Å². The van der Waals surface area contributed by atoms with E-state index >= 15 is 0 Å². The van der Waals surface area contributed by atoms with E-state index < -0.39 is 0 Å². The summed E-state index contributed by atoms with van der Waals surface area (Å²) in [5, 5.41) is 3.07. The molecule has 0 saturated carbocycles. The molecule has 1 unspecified atom stereocenters. The minimum Gasteiger partial charge on any atom is -0.465 e. The molecule has 0 aliphatic carbocycles. The van der Waals surface area contributed by atoms with E-state index in [1.165, 1.54) is 0 Å². The highest BCUT2D eigenvalue weighted by Gasteiger charge is 2.17. The monoisotopic (exact) mass is 233 g/mol. The number of likely N-dealkylation sites (N-methyl/N-ethyl adjacent to an activating group) is 1. The highest BCUT2D eigenvalue weighted by atomic mass is 16.5. The Balaban J connectivity index is 3.71. The Hall–Kier alpha value is -0.650. The standard InChI is InChI=1S/C11H23NO4/c1-4-12-10(11(13)16-5-2)6-7-15-9-8-14-3/h10,12H,4-9H2,1-3H3. The average molecular weight is 233 g/mol. The molecule has 0 radical (unpaired) electrons. The van der Waals surface area contributed by atoms with Crippen molar-refractivity contribution in [2.45, 2.75) is 26.3 Å². The molecular formula is C11H23NO4. The van der Waals surface area contributed by atoms with Crippen LogP contribution >= 0.6 is 0 Å². The first kappa shape index (κ1) is 15.3. The number of rotatable bonds is 10. The van der Waals surface area contributed by atoms with E-state index in [-0.39, 0.29) is 12.0 Å². The van der Waals surface area contributed by atoms with Gasteiger partial charge in [0, 0.05) is 13.7 Å². The summed E-state index contributed by atoms with van der Waals surface area (Å²) in [5.41, 5.74) is 0. The van der Waals surface area contributed by atoms with Crippen molar-refractivity contribution in [1.82, 2.24) is 5.32 Å². The maximum atomic E-state index is 11.5. The minimum atomic E-state index is -0.271. The fraction of sp³-hybridized carbons (Fsp3) is 0.909. The van der Waals surface area contributed by atoms with Crippen LogP contribution in [-0.4, -0.2) is 52.1 Å². The lowest BCUT2D eigenvalue weighted by Gasteiger charge is -2.16. The number of hydrogen-bond acceptors (Lipinski definition) is 5. The molecular weight excluding hydrogens is 210 g/mol. The molecule has 0 saturated heterocycles. The first-order chi connectivity index (χ1) is 7.76. The summed E-state index contributed by atoms with van der Waals surface area (Å²) >= 11 is 0. The van der Waals surface area contributed by atoms with Crippen molar-refractivity contribution in [3.8, 4) is 0 Å². The van der Waals surface area contributed by atoms with Gasteiger partial charge in [0.25, 0.3) is 0 Å². The summed E-state index contributed by atoms with van der Waals surface area (Å²) in [7, 11) is 1.63. The molecule has 0 bridgehead atoms. The normalized spacial score (nSPS) is 12.4. The smallest absolute Gasteiger partial charge is 0.323 e. The van der Waals surface area contributed by atoms with Crippen LogP contribution in [0.1, 0.15) is 20.3 Å². The van der Waals surface area contributed by atoms with Gasteiger partial charge in [-0.15, -0.1) is 0 Å². The fourth-order valence-electron chi connectivity index (χ4n) is 1.24. The zero-order valence-electron chi connectivity index (χ0n) is 10.5. The molecule has 0 amide bonds. The predicted molar refractivity (Wildman–Crippen MR) is 61.4 cm³/mol. The molecule has 0 aromatic heterocycles. The fourth-order valence-corrected chi connectivity index (χ4v) is 1.24. The molecule has 0 fully saturated rings. The van der Waals surface area contributed by atoms with Crippen molar-refractivity contribution in [2.75, 3.05) is 40.1 Å². The molecule has 5 heteroatoms. The summed E-state index contributed by atoms with van der Waals surface area (Å²) in [6.45, 7) is 6.56. The van der Waals surface area contributed by atoms with Crippen LogP contribution < -0.4 is 5.32 Å². The third-order valence-electron chi connectivity index (χ3n) is 2.00. The molecule has 0 rings (SSSR count). The Morgan fingerprint density at radius 3 is 2.56 bits per heavy atom. The van der Waals surface area contributed by atoms with Gasteiger partial charge in [-0.1, -0.05) is 6.92 Å². The van der Waals surface area contributed by atoms with Crippen molar-refractivity contribution in [1.29, 1.82) is 0 Å². The molecule has 5 nitrogen and oxygen atoms in total. The number of esters is 1. The molecule has 0 heterocycles. The maximum Gasteiger partial charge on any atom is 0.323 e. The highest BCUT2D eigenvalue weighted by Crippen LogP contribution is 1.97. The zero-order chi connectivity index (χ0) is 12.2. The topological polar surface area (TPSA) is 56.8 Å². The summed E-state index contributed by atoms with van der Waals surface area (Å²) in [6.07, 6.45) is 0.621. The van der Waals surface area contributed by atoms with Gasteiger partial charge in [-0.25, -0.2) is 0 Å². The summed E-state index contributed by atoms with van der Waals surface area (Å²) in [4.78, 5) is 11.5. The van der Waals surface area contributed by atoms with Crippen LogP contribution in [0, 0.1) is 0 Å². The molecule has 16 heavy (non-hydrogen) atoms. The summed E-state index contributed by atoms with van der Waals surface area (Å²) in [6, 6.07) is -0.271. The van der Waals surface area contributed by atoms with Crippen LogP contribution in [0.2, 0.25) is 0 Å². The van der Waals surface area contributed by atoms with Crippen LogP contribution in [-0.2, 0) is 19.0 Å². The number of carbonyl (C=O) groups excluding carboxylic acids is 1. The largest absolute Gasteiger partial charge is 0.465 e. The second-order valence-electron chi connectivity index (χ2n) is 3.26. The van der Waals surface area contributed by atoms with Crippen molar-refractivity contribution in [2.24, 2.45) is 0 Å². The van der Waals surface area contributed by atoms with Gasteiger partial charge >= 0.3 is 5.97 Å². The van der Waals surface area contributed by atoms with Crippen LogP contribution in [0.15, 0.2) is 0 Å². The van der Waals surface area contributed by atoms with Crippen molar-refractivity contribution in [3.63, 3.8) is 0 Å². The molecule has 0 aliphatic heterocycles. The van der Waals surface area contributed by atoms with Crippen LogP contribution in [0.5, 0.6) is 0 Å². The number of hydrogen-bond donors (Lipinski definition) is 1. The highest BCUT2D eigenvalue weighted by molar-refractivity contribution is 5.75. The van der Waals surface area contributed by atoms with E-state index in [1.54, 1.807) is 14.0 Å². The maximum absolute atomic E-state index is 11.5. The Bertz CT molecular complexity index is 175. The van der Waals surface area contributed by atoms with Crippen LogP contribution in [0.25, 0.3) is 0 Å². The first-order valence-corrected chi connectivity index (χ1v) is 5.72. The third kappa shape index (κ3) is 7.62. The van der Waals surface area contributed by atoms with E-state index in [2.05, 4.69) is 5.32 Å². The van der Waals surface area contributed by atoms with E-state index in [4.69, 9.17) is 14.2 Å². The molecule has 1 atom stereocenters. The van der Waals surface area contributed by atoms with Gasteiger partial charge in [0.2, 0.25) is 0 Å². The molecule has 0 aliphatic rings. The first-order valence-electron chi connectivity index (χ1n) is 5.72. The SMILES string of the molecule is CCNC(CCOCCOC)C(=O)OCC. The second kappa shape index (κ2) is 10.9. The second-order valence-corrected chi connectivity index (χ2v) is 3.26. The average Bonchev–Trinajstić information content (AvgIpc) is 2.27. The lowest BCUT2D eigenvalue weighted by Crippen LogP contribution is -2.39. The van der Waals surface area contributed by atoms with Gasteiger partial charge in [0.05, 0.1) is 19.8 Å².